The van der Waals surface area contributed by atoms with E-state index in [0.717, 1.165) is 0 Å². The predicted molar refractivity (Wildman–Crippen MR) is 114 cm³/mol. The number of alkyl halides is 3. The number of piperazine rings is 1. The molecule has 35 heavy (non-hydrogen) atoms. The number of allylic oxidation sites excluding steroid dienone is 2. The molecule has 1 saturated heterocycles. The third kappa shape index (κ3) is 7.25. The average Bonchev–Trinajstić information content (AvgIpc) is 3.30. The van der Waals surface area contributed by atoms with Crippen LogP contribution in [0.4, 0.5) is 17.6 Å². The standard InChI is InChI=1S/C20H24FN3O4.C2HF3O2/c21-16-6-2-1-5-15(16)17(25)22-9-10-23-11-13-24(14-12-23)18(26)20(19(27)28)7-3-4-8-20;3-2(4,5)1(6)7/h1-6H,7-14H2,(H,22,25)(H,27,28);(H,6,7). The highest BCUT2D eigenvalue weighted by Gasteiger charge is 2.48. The van der Waals surface area contributed by atoms with Gasteiger partial charge >= 0.3 is 18.1 Å². The van der Waals surface area contributed by atoms with E-state index in [0.29, 0.717) is 39.3 Å². The topological polar surface area (TPSA) is 127 Å². The fraction of sp³-hybridized carbons (Fsp3) is 0.455. The number of carbonyl (C=O) groups excluding carboxylic acids is 2. The molecule has 0 bridgehead atoms. The molecule has 1 aliphatic heterocycles. The second-order valence-corrected chi connectivity index (χ2v) is 7.94. The molecule has 0 atom stereocenters. The van der Waals surface area contributed by atoms with Crippen LogP contribution in [0.1, 0.15) is 23.2 Å². The van der Waals surface area contributed by atoms with Crippen LogP contribution in [0, 0.1) is 11.2 Å². The first-order chi connectivity index (χ1) is 16.4. The first-order valence-electron chi connectivity index (χ1n) is 10.6. The van der Waals surface area contributed by atoms with Crippen LogP contribution >= 0.6 is 0 Å². The van der Waals surface area contributed by atoms with Gasteiger partial charge in [-0.05, 0) is 25.0 Å². The van der Waals surface area contributed by atoms with Crippen molar-refractivity contribution < 1.29 is 47.0 Å². The summed E-state index contributed by atoms with van der Waals surface area (Å²) in [6.45, 7) is 3.05. The molecule has 1 fully saturated rings. The maximum absolute atomic E-state index is 13.6. The summed E-state index contributed by atoms with van der Waals surface area (Å²) in [6, 6.07) is 5.82. The first kappa shape index (κ1) is 27.8. The number of nitrogens with zero attached hydrogens (tertiary/aromatic N) is 2. The van der Waals surface area contributed by atoms with Gasteiger partial charge in [0.25, 0.3) is 5.91 Å². The second-order valence-electron chi connectivity index (χ2n) is 7.94. The number of benzene rings is 1. The molecule has 0 unspecified atom stereocenters. The van der Waals surface area contributed by atoms with Gasteiger partial charge in [0.1, 0.15) is 5.82 Å². The SMILES string of the molecule is O=C(NCCN1CCN(C(=O)C2(C(=O)O)CC=CC2)CC1)c1ccccc1F.O=C(O)C(F)(F)F. The Balaban J connectivity index is 0.000000540. The van der Waals surface area contributed by atoms with Crippen molar-refractivity contribution in [1.82, 2.24) is 15.1 Å². The Morgan fingerprint density at radius 3 is 2.00 bits per heavy atom. The zero-order valence-electron chi connectivity index (χ0n) is 18.6. The van der Waals surface area contributed by atoms with Crippen LogP contribution in [-0.4, -0.2) is 89.2 Å². The van der Waals surface area contributed by atoms with Crippen molar-refractivity contribution >= 4 is 23.8 Å². The van der Waals surface area contributed by atoms with Crippen LogP contribution in [0.2, 0.25) is 0 Å². The average molecular weight is 503 g/mol. The van der Waals surface area contributed by atoms with Crippen LogP contribution in [0.3, 0.4) is 0 Å². The first-order valence-corrected chi connectivity index (χ1v) is 10.6. The van der Waals surface area contributed by atoms with Gasteiger partial charge < -0.3 is 20.4 Å². The maximum atomic E-state index is 13.6. The number of hydrogen-bond acceptors (Lipinski definition) is 5. The van der Waals surface area contributed by atoms with E-state index < -0.39 is 35.3 Å². The van der Waals surface area contributed by atoms with E-state index in [4.69, 9.17) is 9.90 Å². The van der Waals surface area contributed by atoms with Gasteiger partial charge in [0.2, 0.25) is 5.91 Å². The fourth-order valence-corrected chi connectivity index (χ4v) is 3.64. The number of hydrogen-bond donors (Lipinski definition) is 3. The molecular weight excluding hydrogens is 478 g/mol. The van der Waals surface area contributed by atoms with Gasteiger partial charge in [-0.25, -0.2) is 9.18 Å². The van der Waals surface area contributed by atoms with Crippen molar-refractivity contribution in [3.8, 4) is 0 Å². The molecular formula is C22H25F4N3O6. The highest BCUT2D eigenvalue weighted by Crippen LogP contribution is 2.36. The molecule has 1 aromatic carbocycles. The Morgan fingerprint density at radius 2 is 1.51 bits per heavy atom. The van der Waals surface area contributed by atoms with Crippen LogP contribution in [0.5, 0.6) is 0 Å². The van der Waals surface area contributed by atoms with Gasteiger partial charge in [0.15, 0.2) is 5.41 Å². The lowest BCUT2D eigenvalue weighted by Gasteiger charge is -2.38. The third-order valence-electron chi connectivity index (χ3n) is 5.65. The minimum atomic E-state index is -5.08. The van der Waals surface area contributed by atoms with Crippen LogP contribution in [0.15, 0.2) is 36.4 Å². The molecule has 13 heteroatoms. The number of rotatable bonds is 6. The quantitative estimate of drug-likeness (QED) is 0.307. The summed E-state index contributed by atoms with van der Waals surface area (Å²) in [7, 11) is 0. The van der Waals surface area contributed by atoms with E-state index in [1.165, 1.54) is 18.2 Å². The molecule has 0 saturated carbocycles. The molecule has 1 heterocycles. The fourth-order valence-electron chi connectivity index (χ4n) is 3.64. The molecule has 0 aromatic heterocycles. The lowest BCUT2D eigenvalue weighted by Crippen LogP contribution is -2.55. The summed E-state index contributed by atoms with van der Waals surface area (Å²) in [5, 5.41) is 19.4. The second kappa shape index (κ2) is 11.8. The maximum Gasteiger partial charge on any atom is 0.490 e. The molecule has 2 amide bonds. The molecule has 1 aromatic rings. The van der Waals surface area contributed by atoms with E-state index in [2.05, 4.69) is 10.2 Å². The zero-order valence-corrected chi connectivity index (χ0v) is 18.6. The molecule has 2 aliphatic rings. The highest BCUT2D eigenvalue weighted by molar-refractivity contribution is 6.02. The Kier molecular flexibility index (Phi) is 9.34. The van der Waals surface area contributed by atoms with Gasteiger partial charge in [0, 0.05) is 39.3 Å². The summed E-state index contributed by atoms with van der Waals surface area (Å²) in [4.78, 5) is 49.0. The molecule has 3 N–H and O–H groups in total. The minimum Gasteiger partial charge on any atom is -0.480 e. The third-order valence-corrected chi connectivity index (χ3v) is 5.65. The molecule has 0 radical (unpaired) electrons. The van der Waals surface area contributed by atoms with E-state index in [1.807, 2.05) is 0 Å². The summed E-state index contributed by atoms with van der Waals surface area (Å²) in [5.41, 5.74) is -1.34. The molecule has 192 valence electrons. The van der Waals surface area contributed by atoms with Crippen LogP contribution in [-0.2, 0) is 14.4 Å². The Labute approximate surface area is 198 Å². The van der Waals surface area contributed by atoms with Crippen molar-refractivity contribution in [2.24, 2.45) is 5.41 Å². The zero-order chi connectivity index (χ0) is 26.2. The van der Waals surface area contributed by atoms with Crippen molar-refractivity contribution in [1.29, 1.82) is 0 Å². The lowest BCUT2D eigenvalue weighted by atomic mass is 9.83. The van der Waals surface area contributed by atoms with Crippen molar-refractivity contribution in [3.05, 3.63) is 47.8 Å². The lowest BCUT2D eigenvalue weighted by molar-refractivity contribution is -0.192. The predicted octanol–water partition coefficient (Wildman–Crippen LogP) is 1.75. The van der Waals surface area contributed by atoms with Gasteiger partial charge in [-0.1, -0.05) is 24.3 Å². The number of carbonyl (C=O) groups is 4. The highest BCUT2D eigenvalue weighted by atomic mass is 19.4. The number of nitrogens with one attached hydrogen (secondary N) is 1. The number of carboxylic acid groups (broad SMARTS) is 2. The Morgan fingerprint density at radius 1 is 0.971 bits per heavy atom. The van der Waals surface area contributed by atoms with E-state index in [1.54, 1.807) is 23.1 Å². The molecule has 0 spiro atoms. The normalized spacial score (nSPS) is 17.3. The van der Waals surface area contributed by atoms with Crippen molar-refractivity contribution in [2.45, 2.75) is 19.0 Å². The van der Waals surface area contributed by atoms with Crippen molar-refractivity contribution in [2.75, 3.05) is 39.3 Å². The number of aliphatic carboxylic acids is 2. The molecule has 9 nitrogen and oxygen atoms in total. The molecule has 1 aliphatic carbocycles. The summed E-state index contributed by atoms with van der Waals surface area (Å²) < 4.78 is 45.3. The smallest absolute Gasteiger partial charge is 0.480 e. The molecule has 3 rings (SSSR count). The van der Waals surface area contributed by atoms with Gasteiger partial charge in [-0.2, -0.15) is 13.2 Å². The summed E-state index contributed by atoms with van der Waals surface area (Å²) in [6.07, 6.45) is -1.10. The number of halogens is 4. The van der Waals surface area contributed by atoms with E-state index >= 15 is 0 Å². The van der Waals surface area contributed by atoms with Crippen LogP contribution < -0.4 is 5.32 Å². The van der Waals surface area contributed by atoms with Crippen molar-refractivity contribution in [3.63, 3.8) is 0 Å². The van der Waals surface area contributed by atoms with E-state index in [-0.39, 0.29) is 24.3 Å². The van der Waals surface area contributed by atoms with Gasteiger partial charge in [-0.15, -0.1) is 0 Å². The Hall–Kier alpha value is -3.48. The van der Waals surface area contributed by atoms with E-state index in [9.17, 15) is 37.1 Å². The largest absolute Gasteiger partial charge is 0.490 e. The monoisotopic (exact) mass is 503 g/mol. The Bertz CT molecular complexity index is 966. The number of carboxylic acids is 2. The summed E-state index contributed by atoms with van der Waals surface area (Å²) >= 11 is 0. The summed E-state index contributed by atoms with van der Waals surface area (Å²) in [5.74, 6) is -5.16. The van der Waals surface area contributed by atoms with Gasteiger partial charge in [0.05, 0.1) is 5.56 Å². The number of amides is 2. The minimum absolute atomic E-state index is 0.0158. The van der Waals surface area contributed by atoms with Gasteiger partial charge in [-0.3, -0.25) is 19.3 Å². The van der Waals surface area contributed by atoms with Crippen LogP contribution in [0.25, 0.3) is 0 Å².